The minimum Gasteiger partial charge on any atom is -0.293 e. The lowest BCUT2D eigenvalue weighted by Crippen LogP contribution is -2.53. The summed E-state index contributed by atoms with van der Waals surface area (Å²) >= 11 is 6.22. The molecule has 0 N–H and O–H groups in total. The second-order valence-electron chi connectivity index (χ2n) is 9.97. The van der Waals surface area contributed by atoms with Gasteiger partial charge in [-0.15, -0.1) is 0 Å². The summed E-state index contributed by atoms with van der Waals surface area (Å²) in [6.07, 6.45) is 9.82. The van der Waals surface area contributed by atoms with Crippen molar-refractivity contribution in [1.29, 1.82) is 0 Å². The molecule has 1 spiro atoms. The molecule has 5 heteroatoms. The van der Waals surface area contributed by atoms with E-state index in [2.05, 4.69) is 30.6 Å². The smallest absolute Gasteiger partial charge is 0.127 e. The van der Waals surface area contributed by atoms with Crippen LogP contribution in [0.1, 0.15) is 72.1 Å². The van der Waals surface area contributed by atoms with Crippen LogP contribution in [0.4, 0.5) is 10.1 Å². The molecule has 0 amide bonds. The first-order chi connectivity index (χ1) is 13.8. The summed E-state index contributed by atoms with van der Waals surface area (Å²) in [5.74, 6) is 0.867. The number of hydrogen-bond acceptors (Lipinski definition) is 3. The number of likely N-dealkylation sites (tertiary alicyclic amines) is 1. The highest BCUT2D eigenvalue weighted by Gasteiger charge is 2.57. The van der Waals surface area contributed by atoms with E-state index in [4.69, 9.17) is 17.2 Å². The van der Waals surface area contributed by atoms with Crippen molar-refractivity contribution in [3.63, 3.8) is 0 Å². The first kappa shape index (κ1) is 20.9. The second kappa shape index (κ2) is 8.07. The Labute approximate surface area is 180 Å². The van der Waals surface area contributed by atoms with Crippen molar-refractivity contribution in [2.24, 2.45) is 10.4 Å². The van der Waals surface area contributed by atoms with Crippen LogP contribution in [-0.4, -0.2) is 40.4 Å². The molecule has 3 fully saturated rings. The molecule has 1 atom stereocenters. The molecule has 0 bridgehead atoms. The van der Waals surface area contributed by atoms with Crippen LogP contribution in [0.15, 0.2) is 29.3 Å². The molecule has 158 valence electrons. The number of aliphatic imine (C=N–C) groups is 1. The van der Waals surface area contributed by atoms with Crippen molar-refractivity contribution in [3.05, 3.63) is 30.1 Å². The van der Waals surface area contributed by atoms with Gasteiger partial charge in [-0.3, -0.25) is 14.8 Å². The Hall–Kier alpha value is -1.33. The molecule has 0 radical (unpaired) electrons. The highest BCUT2D eigenvalue weighted by Crippen LogP contribution is 2.50. The maximum Gasteiger partial charge on any atom is 0.127 e. The molecule has 0 aromatic heterocycles. The van der Waals surface area contributed by atoms with E-state index >= 15 is 0 Å². The van der Waals surface area contributed by atoms with Crippen LogP contribution in [0.2, 0.25) is 0 Å². The van der Waals surface area contributed by atoms with Gasteiger partial charge in [-0.2, -0.15) is 0 Å². The second-order valence-corrected chi connectivity index (χ2v) is 10.4. The standard InChI is InChI=1S/C24H34FN3S/c1-23(2,3)26-21-20(27-16-8-5-9-17-27)24(14-6-4-7-15-24)22(29)28(21)19-12-10-18(25)11-13-19/h10-13,20H,4-9,14-17H2,1-3H3/t20-/m0/s1. The molecule has 2 saturated heterocycles. The number of halogens is 1. The maximum atomic E-state index is 13.7. The Morgan fingerprint density at radius 1 is 0.966 bits per heavy atom. The van der Waals surface area contributed by atoms with E-state index in [9.17, 15) is 4.39 Å². The molecule has 3 nitrogen and oxygen atoms in total. The van der Waals surface area contributed by atoms with Gasteiger partial charge in [0.2, 0.25) is 0 Å². The number of amidine groups is 1. The van der Waals surface area contributed by atoms with Gasteiger partial charge in [0.05, 0.1) is 16.6 Å². The van der Waals surface area contributed by atoms with Crippen molar-refractivity contribution in [3.8, 4) is 0 Å². The van der Waals surface area contributed by atoms with Gasteiger partial charge in [-0.1, -0.05) is 37.9 Å². The van der Waals surface area contributed by atoms with Gasteiger partial charge >= 0.3 is 0 Å². The fraction of sp³-hybridized carbons (Fsp3) is 0.667. The molecule has 3 aliphatic rings. The third kappa shape index (κ3) is 4.00. The summed E-state index contributed by atoms with van der Waals surface area (Å²) in [6.45, 7) is 8.71. The predicted octanol–water partition coefficient (Wildman–Crippen LogP) is 5.98. The minimum atomic E-state index is -0.215. The van der Waals surface area contributed by atoms with E-state index in [1.165, 1.54) is 50.7 Å². The average Bonchev–Trinajstić information content (AvgIpc) is 2.90. The van der Waals surface area contributed by atoms with Crippen LogP contribution in [0.25, 0.3) is 0 Å². The number of piperidine rings is 1. The first-order valence-electron chi connectivity index (χ1n) is 11.3. The summed E-state index contributed by atoms with van der Waals surface area (Å²) in [6, 6.07) is 7.02. The SMILES string of the molecule is CC(C)(C)N=C1[C@H](N2CCCCC2)C2(CCCCC2)C(=S)N1c1ccc(F)cc1. The Morgan fingerprint density at radius 2 is 1.55 bits per heavy atom. The summed E-state index contributed by atoms with van der Waals surface area (Å²) in [5.41, 5.74) is 0.727. The third-order valence-electron chi connectivity index (χ3n) is 6.66. The summed E-state index contributed by atoms with van der Waals surface area (Å²) in [5, 5.41) is 0. The molecule has 2 aliphatic heterocycles. The quantitative estimate of drug-likeness (QED) is 0.554. The third-order valence-corrected chi connectivity index (χ3v) is 7.25. The van der Waals surface area contributed by atoms with Crippen molar-refractivity contribution >= 4 is 28.7 Å². The zero-order valence-corrected chi connectivity index (χ0v) is 18.9. The normalized spacial score (nSPS) is 27.2. The van der Waals surface area contributed by atoms with Gasteiger partial charge in [0.1, 0.15) is 11.7 Å². The highest BCUT2D eigenvalue weighted by atomic mass is 32.1. The van der Waals surface area contributed by atoms with E-state index in [-0.39, 0.29) is 22.8 Å². The van der Waals surface area contributed by atoms with Gasteiger partial charge < -0.3 is 0 Å². The van der Waals surface area contributed by atoms with Crippen LogP contribution in [-0.2, 0) is 0 Å². The van der Waals surface area contributed by atoms with Crippen LogP contribution in [0, 0.1) is 11.2 Å². The van der Waals surface area contributed by atoms with Crippen LogP contribution >= 0.6 is 12.2 Å². The fourth-order valence-corrected chi connectivity index (χ4v) is 5.98. The molecule has 1 aromatic carbocycles. The maximum absolute atomic E-state index is 13.7. The molecular weight excluding hydrogens is 381 g/mol. The van der Waals surface area contributed by atoms with E-state index in [1.54, 1.807) is 0 Å². The van der Waals surface area contributed by atoms with E-state index in [1.807, 2.05) is 12.1 Å². The molecular formula is C24H34FN3S. The van der Waals surface area contributed by atoms with Gasteiger partial charge in [-0.25, -0.2) is 4.39 Å². The molecule has 4 rings (SSSR count). The molecule has 1 saturated carbocycles. The number of anilines is 1. The Balaban J connectivity index is 1.86. The van der Waals surface area contributed by atoms with E-state index < -0.39 is 0 Å². The lowest BCUT2D eigenvalue weighted by Gasteiger charge is -2.44. The topological polar surface area (TPSA) is 18.8 Å². The lowest BCUT2D eigenvalue weighted by molar-refractivity contribution is 0.112. The van der Waals surface area contributed by atoms with Gasteiger partial charge in [-0.05, 0) is 83.8 Å². The Bertz CT molecular complexity index is 768. The van der Waals surface area contributed by atoms with Gasteiger partial charge in [0, 0.05) is 11.1 Å². The van der Waals surface area contributed by atoms with E-state index in [0.29, 0.717) is 0 Å². The average molecular weight is 416 g/mol. The monoisotopic (exact) mass is 415 g/mol. The molecule has 1 aromatic rings. The molecule has 29 heavy (non-hydrogen) atoms. The number of benzene rings is 1. The van der Waals surface area contributed by atoms with Crippen molar-refractivity contribution < 1.29 is 4.39 Å². The zero-order valence-electron chi connectivity index (χ0n) is 18.1. The number of nitrogens with zero attached hydrogens (tertiary/aromatic N) is 3. The number of hydrogen-bond donors (Lipinski definition) is 0. The molecule has 2 heterocycles. The van der Waals surface area contributed by atoms with Gasteiger partial charge in [0.15, 0.2) is 0 Å². The lowest BCUT2D eigenvalue weighted by atomic mass is 9.69. The fourth-order valence-electron chi connectivity index (χ4n) is 5.47. The summed E-state index contributed by atoms with van der Waals surface area (Å²) in [7, 11) is 0. The van der Waals surface area contributed by atoms with Crippen molar-refractivity contribution in [2.75, 3.05) is 18.0 Å². The van der Waals surface area contributed by atoms with Crippen molar-refractivity contribution in [2.45, 2.75) is 83.7 Å². The summed E-state index contributed by atoms with van der Waals surface area (Å²) in [4.78, 5) is 11.1. The van der Waals surface area contributed by atoms with Crippen LogP contribution in [0.3, 0.4) is 0 Å². The zero-order chi connectivity index (χ0) is 20.6. The van der Waals surface area contributed by atoms with Crippen LogP contribution < -0.4 is 4.90 Å². The number of rotatable bonds is 2. The summed E-state index contributed by atoms with van der Waals surface area (Å²) < 4.78 is 13.7. The Morgan fingerprint density at radius 3 is 2.14 bits per heavy atom. The number of thiocarbonyl (C=S) groups is 1. The largest absolute Gasteiger partial charge is 0.293 e. The van der Waals surface area contributed by atoms with Crippen molar-refractivity contribution in [1.82, 2.24) is 4.90 Å². The van der Waals surface area contributed by atoms with Crippen LogP contribution in [0.5, 0.6) is 0 Å². The van der Waals surface area contributed by atoms with E-state index in [0.717, 1.165) is 42.4 Å². The first-order valence-corrected chi connectivity index (χ1v) is 11.7. The minimum absolute atomic E-state index is 0.0244. The van der Waals surface area contributed by atoms with Gasteiger partial charge in [0.25, 0.3) is 0 Å². The Kier molecular flexibility index (Phi) is 5.82. The predicted molar refractivity (Wildman–Crippen MR) is 123 cm³/mol. The molecule has 0 unspecified atom stereocenters. The highest BCUT2D eigenvalue weighted by molar-refractivity contribution is 7.80. The molecule has 1 aliphatic carbocycles.